The van der Waals surface area contributed by atoms with E-state index in [0.717, 1.165) is 38.5 Å². The number of allylic oxidation sites excluding steroid dienone is 1. The topological polar surface area (TPSA) is 54.5 Å². The van der Waals surface area contributed by atoms with Gasteiger partial charge in [0.2, 0.25) is 5.91 Å². The van der Waals surface area contributed by atoms with Crippen LogP contribution in [0.25, 0.3) is 0 Å². The summed E-state index contributed by atoms with van der Waals surface area (Å²) in [7, 11) is -1.32. The molecule has 0 radical (unpaired) electrons. The number of nitrogens with zero attached hydrogens (tertiary/aromatic N) is 1. The Hall–Kier alpha value is -0.840. The third-order valence-electron chi connectivity index (χ3n) is 4.87. The molecule has 21 heavy (non-hydrogen) atoms. The predicted octanol–water partition coefficient (Wildman–Crippen LogP) is 2.69. The molecule has 0 aromatic heterocycles. The van der Waals surface area contributed by atoms with Crippen molar-refractivity contribution >= 4 is 15.7 Å². The second-order valence-corrected chi connectivity index (χ2v) is 8.77. The fourth-order valence-corrected chi connectivity index (χ4v) is 5.07. The molecule has 1 amide bonds. The van der Waals surface area contributed by atoms with Gasteiger partial charge in [-0.25, -0.2) is 8.42 Å². The van der Waals surface area contributed by atoms with Crippen molar-refractivity contribution in [3.63, 3.8) is 0 Å². The van der Waals surface area contributed by atoms with Gasteiger partial charge in [-0.1, -0.05) is 24.5 Å². The zero-order valence-corrected chi connectivity index (χ0v) is 14.0. The fourth-order valence-electron chi connectivity index (χ4n) is 3.59. The quantitative estimate of drug-likeness (QED) is 0.750. The first-order chi connectivity index (χ1) is 9.89. The molecule has 2 aliphatic carbocycles. The molecule has 0 aromatic rings. The van der Waals surface area contributed by atoms with Gasteiger partial charge in [-0.05, 0) is 38.5 Å². The van der Waals surface area contributed by atoms with Crippen LogP contribution in [0.4, 0.5) is 0 Å². The van der Waals surface area contributed by atoms with Gasteiger partial charge in [0, 0.05) is 25.8 Å². The molecule has 0 bridgehead atoms. The summed E-state index contributed by atoms with van der Waals surface area (Å²) in [5.74, 6) is 0.0729. The highest BCUT2D eigenvalue weighted by molar-refractivity contribution is 7.91. The lowest BCUT2D eigenvalue weighted by molar-refractivity contribution is -0.131. The fraction of sp³-hybridized carbons (Fsp3) is 0.812. The molecule has 0 unspecified atom stereocenters. The van der Waals surface area contributed by atoms with Gasteiger partial charge in [0.15, 0.2) is 9.84 Å². The first kappa shape index (κ1) is 16.5. The molecule has 5 heteroatoms. The molecule has 0 saturated heterocycles. The maximum atomic E-state index is 12.5. The molecule has 2 rings (SSSR count). The number of hydrogen-bond donors (Lipinski definition) is 0. The van der Waals surface area contributed by atoms with Crippen LogP contribution >= 0.6 is 0 Å². The smallest absolute Gasteiger partial charge is 0.226 e. The van der Waals surface area contributed by atoms with Gasteiger partial charge in [0.25, 0.3) is 0 Å². The number of amides is 1. The largest absolute Gasteiger partial charge is 0.341 e. The monoisotopic (exact) mass is 313 g/mol. The molecule has 4 nitrogen and oxygen atoms in total. The predicted molar refractivity (Wildman–Crippen MR) is 84.8 cm³/mol. The molecule has 0 heterocycles. The van der Waals surface area contributed by atoms with Crippen LogP contribution in [0.5, 0.6) is 0 Å². The van der Waals surface area contributed by atoms with Gasteiger partial charge in [0.05, 0.1) is 5.25 Å². The molecule has 0 spiro atoms. The van der Waals surface area contributed by atoms with Crippen LogP contribution in [0.3, 0.4) is 0 Å². The minimum absolute atomic E-state index is 0.0729. The minimum atomic E-state index is -3.10. The van der Waals surface area contributed by atoms with Crippen molar-refractivity contribution < 1.29 is 13.2 Å². The van der Waals surface area contributed by atoms with Crippen molar-refractivity contribution in [3.8, 4) is 0 Å². The maximum Gasteiger partial charge on any atom is 0.226 e. The van der Waals surface area contributed by atoms with Crippen LogP contribution in [0.1, 0.15) is 57.8 Å². The third-order valence-corrected chi connectivity index (χ3v) is 6.52. The van der Waals surface area contributed by atoms with Crippen molar-refractivity contribution in [1.29, 1.82) is 0 Å². The Balaban J connectivity index is 2.04. The summed E-state index contributed by atoms with van der Waals surface area (Å²) in [5, 5.41) is -0.388. The highest BCUT2D eigenvalue weighted by Crippen LogP contribution is 2.29. The van der Waals surface area contributed by atoms with Crippen LogP contribution in [0.2, 0.25) is 0 Å². The average Bonchev–Trinajstić information content (AvgIpc) is 2.46. The number of sulfone groups is 1. The summed E-state index contributed by atoms with van der Waals surface area (Å²) in [6, 6.07) is -0.148. The first-order valence-corrected chi connectivity index (χ1v) is 9.97. The molecule has 0 N–H and O–H groups in total. The van der Waals surface area contributed by atoms with Gasteiger partial charge in [-0.2, -0.15) is 0 Å². The highest BCUT2D eigenvalue weighted by atomic mass is 32.2. The number of carbonyl (C=O) groups excluding carboxylic acids is 1. The lowest BCUT2D eigenvalue weighted by Crippen LogP contribution is -2.49. The Morgan fingerprint density at radius 3 is 2.57 bits per heavy atom. The number of hydrogen-bond acceptors (Lipinski definition) is 3. The Morgan fingerprint density at radius 2 is 1.95 bits per heavy atom. The lowest BCUT2D eigenvalue weighted by atomic mass is 9.92. The second kappa shape index (κ2) is 6.95. The number of rotatable bonds is 4. The summed E-state index contributed by atoms with van der Waals surface area (Å²) >= 11 is 0. The van der Waals surface area contributed by atoms with Crippen molar-refractivity contribution in [3.05, 3.63) is 11.6 Å². The normalized spacial score (nSPS) is 27.0. The Bertz CT molecular complexity index is 510. The SMILES string of the molecule is CN(C(=O)CC1=CCCCC1)[C@H]1CCCC[C@@H]1S(C)(=O)=O. The van der Waals surface area contributed by atoms with Crippen molar-refractivity contribution in [2.24, 2.45) is 0 Å². The molecular formula is C16H27NO3S. The molecule has 2 atom stereocenters. The van der Waals surface area contributed by atoms with E-state index in [1.165, 1.54) is 18.2 Å². The first-order valence-electron chi connectivity index (χ1n) is 8.02. The van der Waals surface area contributed by atoms with E-state index < -0.39 is 9.84 Å². The van der Waals surface area contributed by atoms with Gasteiger partial charge in [-0.3, -0.25) is 4.79 Å². The number of carbonyl (C=O) groups is 1. The summed E-state index contributed by atoms with van der Waals surface area (Å²) in [4.78, 5) is 14.2. The molecule has 1 fully saturated rings. The molecule has 2 aliphatic rings. The van der Waals surface area contributed by atoms with Crippen molar-refractivity contribution in [1.82, 2.24) is 4.90 Å². The summed E-state index contributed by atoms with van der Waals surface area (Å²) < 4.78 is 23.9. The summed E-state index contributed by atoms with van der Waals surface area (Å²) in [6.07, 6.45) is 11.9. The van der Waals surface area contributed by atoms with Crippen LogP contribution in [-0.4, -0.2) is 43.8 Å². The van der Waals surface area contributed by atoms with Crippen molar-refractivity contribution in [2.45, 2.75) is 69.1 Å². The Morgan fingerprint density at radius 1 is 1.24 bits per heavy atom. The van der Waals surface area contributed by atoms with Gasteiger partial charge in [0.1, 0.15) is 0 Å². The van der Waals surface area contributed by atoms with E-state index in [1.807, 2.05) is 0 Å². The van der Waals surface area contributed by atoms with Crippen molar-refractivity contribution in [2.75, 3.05) is 13.3 Å². The third kappa shape index (κ3) is 4.31. The van der Waals surface area contributed by atoms with Gasteiger partial charge >= 0.3 is 0 Å². The minimum Gasteiger partial charge on any atom is -0.341 e. The maximum absolute atomic E-state index is 12.5. The highest BCUT2D eigenvalue weighted by Gasteiger charge is 2.36. The molecular weight excluding hydrogens is 286 g/mol. The van der Waals surface area contributed by atoms with Crippen LogP contribution in [-0.2, 0) is 14.6 Å². The van der Waals surface area contributed by atoms with Gasteiger partial charge < -0.3 is 4.90 Å². The second-order valence-electron chi connectivity index (χ2n) is 6.51. The van der Waals surface area contributed by atoms with Crippen LogP contribution in [0.15, 0.2) is 11.6 Å². The van der Waals surface area contributed by atoms with E-state index in [1.54, 1.807) is 11.9 Å². The molecule has 120 valence electrons. The molecule has 1 saturated carbocycles. The zero-order valence-electron chi connectivity index (χ0n) is 13.2. The van der Waals surface area contributed by atoms with E-state index in [4.69, 9.17) is 0 Å². The Kier molecular flexibility index (Phi) is 5.47. The Labute approximate surface area is 128 Å². The summed E-state index contributed by atoms with van der Waals surface area (Å²) in [5.41, 5.74) is 1.23. The van der Waals surface area contributed by atoms with E-state index in [-0.39, 0.29) is 17.2 Å². The van der Waals surface area contributed by atoms with Crippen LogP contribution in [0, 0.1) is 0 Å². The standard InChI is InChI=1S/C16H27NO3S/c1-17(16(18)12-13-8-4-3-5-9-13)14-10-6-7-11-15(14)21(2,19)20/h8,14-15H,3-7,9-12H2,1-2H3/t14-,15-/m0/s1. The average molecular weight is 313 g/mol. The van der Waals surface area contributed by atoms with E-state index >= 15 is 0 Å². The zero-order chi connectivity index (χ0) is 15.5. The van der Waals surface area contributed by atoms with E-state index in [0.29, 0.717) is 12.8 Å². The van der Waals surface area contributed by atoms with Gasteiger partial charge in [-0.15, -0.1) is 0 Å². The molecule has 0 aromatic carbocycles. The van der Waals surface area contributed by atoms with Crippen LogP contribution < -0.4 is 0 Å². The van der Waals surface area contributed by atoms with E-state index in [9.17, 15) is 13.2 Å². The van der Waals surface area contributed by atoms with E-state index in [2.05, 4.69) is 6.08 Å². The molecule has 0 aliphatic heterocycles. The summed E-state index contributed by atoms with van der Waals surface area (Å²) in [6.45, 7) is 0. The lowest BCUT2D eigenvalue weighted by Gasteiger charge is -2.37.